The molecular weight excluding hydrogens is 1250 g/mol. The van der Waals surface area contributed by atoms with Crippen molar-refractivity contribution in [2.24, 2.45) is 0 Å². The maximum absolute atomic E-state index is 2.43. The van der Waals surface area contributed by atoms with Crippen molar-refractivity contribution < 1.29 is 0 Å². The maximum Gasteiger partial charge on any atom is 0.179 e. The molecule has 4 nitrogen and oxygen atoms in total. The average Bonchev–Trinajstić information content (AvgIpc) is 0.798. The number of anilines is 2. The second-order valence-corrected chi connectivity index (χ2v) is 55.8. The molecule has 0 aliphatic carbocycles. The van der Waals surface area contributed by atoms with Gasteiger partial charge in [-0.2, -0.15) is 0 Å². The van der Waals surface area contributed by atoms with E-state index < -0.39 is 24.7 Å². The van der Waals surface area contributed by atoms with E-state index in [4.69, 9.17) is 0 Å². The van der Waals surface area contributed by atoms with Crippen molar-refractivity contribution in [1.82, 2.24) is 9.13 Å². The third-order valence-electron chi connectivity index (χ3n) is 21.3. The Balaban J connectivity index is -0.000000531. The predicted octanol–water partition coefficient (Wildman–Crippen LogP) is 26.7. The lowest BCUT2D eigenvalue weighted by Crippen LogP contribution is -2.43. The van der Waals surface area contributed by atoms with Crippen molar-refractivity contribution in [3.05, 3.63) is 150 Å². The van der Waals surface area contributed by atoms with Gasteiger partial charge in [-0.1, -0.05) is 435 Å². The minimum Gasteiger partial charge on any atom is -0.401 e. The fourth-order valence-electron chi connectivity index (χ4n) is 8.30. The number of benzene rings is 5. The van der Waals surface area contributed by atoms with Crippen LogP contribution in [0, 0.1) is 0 Å². The second-order valence-electron chi connectivity index (χ2n) is 40.3. The van der Waals surface area contributed by atoms with Crippen molar-refractivity contribution in [3.8, 4) is 0 Å². The molecule has 0 fully saturated rings. The van der Waals surface area contributed by atoms with Crippen molar-refractivity contribution in [2.45, 2.75) is 342 Å². The van der Waals surface area contributed by atoms with Gasteiger partial charge in [-0.05, 0) is 103 Å². The van der Waals surface area contributed by atoms with E-state index in [1.54, 1.807) is 5.46 Å². The number of para-hydroxylation sites is 2. The largest absolute Gasteiger partial charge is 0.401 e. The number of rotatable bonds is 12. The second kappa shape index (κ2) is 45.2. The van der Waals surface area contributed by atoms with E-state index >= 15 is 0 Å². The lowest BCUT2D eigenvalue weighted by Gasteiger charge is -2.38. The van der Waals surface area contributed by atoms with Gasteiger partial charge in [0, 0.05) is 24.0 Å². The van der Waals surface area contributed by atoms with Crippen molar-refractivity contribution >= 4 is 86.0 Å². The van der Waals surface area contributed by atoms with Crippen LogP contribution in [0.1, 0.15) is 226 Å². The van der Waals surface area contributed by atoms with Crippen molar-refractivity contribution in [2.75, 3.05) is 51.8 Å². The van der Waals surface area contributed by atoms with Crippen LogP contribution in [0.3, 0.4) is 0 Å². The minimum atomic E-state index is -1.17. The number of hydrogen-bond donors (Lipinski definition) is 0. The van der Waals surface area contributed by atoms with E-state index in [0.29, 0.717) is 70.4 Å². The molecule has 5 rings (SSSR count). The molecule has 12 heteroatoms. The maximum atomic E-state index is 2.43. The zero-order chi connectivity index (χ0) is 80.1. The van der Waals surface area contributed by atoms with E-state index in [9.17, 15) is 0 Å². The first-order valence-electron chi connectivity index (χ1n) is 38.9. The SMILES string of the molecule is CB(C)C(C)(C)C.CB(C)C(C)(C)C.CB(c1c(C(C)C)cccc1C(C)C)C(C)(C)C.CB(c1ccccc1)C(C)(C)C.CB(c1ccccc1)C(C)(C)C.CC(C)c1cccc(C(C)C)c1N(C)C(C)(C)C.CN(C)[Si](C)(C)C.CN(C)[Si](C)(C)C.CN(c1ccccc1)[Si](C)(C)C. The molecule has 0 aliphatic rings. The average molecular weight is 1420 g/mol. The quantitative estimate of drug-likeness (QED) is 0.115. The molecule has 0 N–H and O–H groups in total. The van der Waals surface area contributed by atoms with E-state index in [1.807, 2.05) is 0 Å². The molecule has 0 bridgehead atoms. The van der Waals surface area contributed by atoms with Gasteiger partial charge < -0.3 is 18.6 Å². The van der Waals surface area contributed by atoms with Crippen LogP contribution in [0.15, 0.2) is 127 Å². The van der Waals surface area contributed by atoms with E-state index in [0.717, 1.165) is 13.4 Å². The van der Waals surface area contributed by atoms with Gasteiger partial charge in [0.2, 0.25) is 0 Å². The van der Waals surface area contributed by atoms with Crippen LogP contribution < -0.4 is 25.9 Å². The van der Waals surface area contributed by atoms with E-state index in [1.165, 1.54) is 44.6 Å². The molecular formula is C88H169B5N4Si3. The first-order chi connectivity index (χ1) is 44.6. The zero-order valence-corrected chi connectivity index (χ0v) is 79.1. The van der Waals surface area contributed by atoms with Gasteiger partial charge in [-0.25, -0.2) is 0 Å². The Hall–Kier alpha value is -3.40. The number of nitrogens with zero attached hydrogens (tertiary/aromatic N) is 4. The Bertz CT molecular complexity index is 2550. The van der Waals surface area contributed by atoms with E-state index in [2.05, 4.69) is 475 Å². The Labute approximate surface area is 634 Å². The van der Waals surface area contributed by atoms with Gasteiger partial charge in [-0.15, -0.1) is 0 Å². The van der Waals surface area contributed by atoms with Crippen LogP contribution in [-0.4, -0.2) is 115 Å². The molecule has 0 atom stereocenters. The van der Waals surface area contributed by atoms with Crippen molar-refractivity contribution in [3.63, 3.8) is 0 Å². The minimum absolute atomic E-state index is 0.147. The van der Waals surface area contributed by atoms with Crippen LogP contribution in [0.4, 0.5) is 11.4 Å². The van der Waals surface area contributed by atoms with E-state index in [-0.39, 0.29) is 5.54 Å². The molecule has 568 valence electrons. The monoisotopic (exact) mass is 1420 g/mol. The summed E-state index contributed by atoms with van der Waals surface area (Å²) in [7, 11) is 10.0. The molecule has 5 aromatic carbocycles. The summed E-state index contributed by atoms with van der Waals surface area (Å²) in [4.78, 5) is 2.43. The molecule has 0 aromatic heterocycles. The van der Waals surface area contributed by atoms with Gasteiger partial charge in [0.1, 0.15) is 38.1 Å². The molecule has 0 unspecified atom stereocenters. The number of hydrogen-bond acceptors (Lipinski definition) is 4. The summed E-state index contributed by atoms with van der Waals surface area (Å²) in [6.45, 7) is 99.8. The topological polar surface area (TPSA) is 13.0 Å². The summed E-state index contributed by atoms with van der Waals surface area (Å²) in [6, 6.07) is 45.6. The Morgan fingerprint density at radius 1 is 0.290 bits per heavy atom. The fourth-order valence-corrected chi connectivity index (χ4v) is 9.22. The molecule has 5 aromatic rings. The smallest absolute Gasteiger partial charge is 0.179 e. The Kier molecular flexibility index (Phi) is 46.5. The first-order valence-corrected chi connectivity index (χ1v) is 49.2. The molecule has 0 aliphatic heterocycles. The first kappa shape index (κ1) is 103. The summed E-state index contributed by atoms with van der Waals surface area (Å²) in [6.07, 6.45) is 0. The van der Waals surface area contributed by atoms with Crippen LogP contribution in [0.25, 0.3) is 0 Å². The zero-order valence-electron chi connectivity index (χ0n) is 76.1. The van der Waals surface area contributed by atoms with Crippen LogP contribution >= 0.6 is 0 Å². The summed E-state index contributed by atoms with van der Waals surface area (Å²) in [5.74, 6) is 2.32. The summed E-state index contributed by atoms with van der Waals surface area (Å²) >= 11 is 0. The summed E-state index contributed by atoms with van der Waals surface area (Å²) < 4.78 is 7.06. The van der Waals surface area contributed by atoms with Crippen LogP contribution in [0.2, 0.25) is 133 Å². The molecule has 0 radical (unpaired) electrons. The molecule has 100 heavy (non-hydrogen) atoms. The third-order valence-corrected chi connectivity index (χ3v) is 29.0. The highest BCUT2D eigenvalue weighted by Gasteiger charge is 2.32. The van der Waals surface area contributed by atoms with Gasteiger partial charge in [0.25, 0.3) is 0 Å². The van der Waals surface area contributed by atoms with Gasteiger partial charge in [0.15, 0.2) is 20.1 Å². The van der Waals surface area contributed by atoms with Crippen molar-refractivity contribution in [1.29, 1.82) is 0 Å². The molecule has 0 heterocycles. The molecule has 0 spiro atoms. The third kappa shape index (κ3) is 43.1. The predicted molar refractivity (Wildman–Crippen MR) is 490 cm³/mol. The Morgan fingerprint density at radius 3 is 0.690 bits per heavy atom. The molecule has 0 amide bonds. The highest BCUT2D eigenvalue weighted by atomic mass is 28.3. The normalized spacial score (nSPS) is 11.9. The Morgan fingerprint density at radius 2 is 0.510 bits per heavy atom. The van der Waals surface area contributed by atoms with Crippen LogP contribution in [0.5, 0.6) is 0 Å². The lowest BCUT2D eigenvalue weighted by atomic mass is 9.31. The van der Waals surface area contributed by atoms with Gasteiger partial charge >= 0.3 is 0 Å². The summed E-state index contributed by atoms with van der Waals surface area (Å²) in [5, 5.41) is 2.04. The molecule has 0 saturated carbocycles. The molecule has 0 saturated heterocycles. The van der Waals surface area contributed by atoms with Gasteiger partial charge in [0.05, 0.1) is 0 Å². The fraction of sp³-hybridized carbons (Fsp3) is 0.659. The van der Waals surface area contributed by atoms with Gasteiger partial charge in [-0.3, -0.25) is 0 Å². The summed E-state index contributed by atoms with van der Waals surface area (Å²) in [5.41, 5.74) is 13.3. The highest BCUT2D eigenvalue weighted by molar-refractivity contribution is 6.79. The highest BCUT2D eigenvalue weighted by Crippen LogP contribution is 2.38. The van der Waals surface area contributed by atoms with Crippen LogP contribution in [-0.2, 0) is 0 Å². The lowest BCUT2D eigenvalue weighted by molar-refractivity contribution is 0.533. The standard InChI is InChI=1S/C17H29B.C17H29N.2C11H17B.C10H17NSi.2C6H15B.2C5H15NSi/c2*1-12(2)14-10-9-11-15(13(3)4)16(14)18(8)17(5,6)7;2*1-11(2,3)12(4)10-8-6-5-7-9-10;1-11(12(2,3)4)10-8-6-5-7-9-10;2*1-6(2,3)7(4)5;2*1-6(2)7(3,4)5/h2*9-13H,1-8H3;3*5-9H,1-4H3;4*1-5H3.